The van der Waals surface area contributed by atoms with Crippen LogP contribution in [-0.2, 0) is 19.4 Å². The molecule has 0 fully saturated rings. The van der Waals surface area contributed by atoms with Gasteiger partial charge in [-0.05, 0) is 29.0 Å². The Balaban J connectivity index is 1.20. The summed E-state index contributed by atoms with van der Waals surface area (Å²) in [7, 11) is 0. The van der Waals surface area contributed by atoms with Crippen molar-refractivity contribution in [3.8, 4) is 11.4 Å². The predicted molar refractivity (Wildman–Crippen MR) is 122 cm³/mol. The maximum Gasteiger partial charge on any atom is 0.416 e. The molecule has 0 saturated carbocycles. The molecule has 182 valence electrons. The molecule has 10 nitrogen and oxygen atoms in total. The van der Waals surface area contributed by atoms with Crippen molar-refractivity contribution < 1.29 is 18.0 Å². The lowest BCUT2D eigenvalue weighted by molar-refractivity contribution is -0.137. The minimum Gasteiger partial charge on any atom is -0.318 e. The van der Waals surface area contributed by atoms with Crippen LogP contribution in [0.1, 0.15) is 21.6 Å². The van der Waals surface area contributed by atoms with Gasteiger partial charge in [-0.25, -0.2) is 4.68 Å². The van der Waals surface area contributed by atoms with Crippen molar-refractivity contribution in [2.24, 2.45) is 0 Å². The number of aromatic nitrogens is 8. The van der Waals surface area contributed by atoms with Crippen LogP contribution in [0, 0.1) is 0 Å². The molecule has 0 bridgehead atoms. The van der Waals surface area contributed by atoms with Crippen LogP contribution in [0.3, 0.4) is 0 Å². The van der Waals surface area contributed by atoms with Crippen molar-refractivity contribution in [2.75, 3.05) is 5.32 Å². The third-order valence-electron chi connectivity index (χ3n) is 5.12. The molecule has 5 rings (SSSR count). The van der Waals surface area contributed by atoms with Crippen LogP contribution in [0.25, 0.3) is 11.4 Å². The standard InChI is InChI=1S/C23H18F3N9O/c24-23(25,26)18-8-4-5-16(11-18)13-34-14-19(12-27-34)28-22(36)20-9-10-33(30-20)15-35-31-21(29-32-35)17-6-2-1-3-7-17/h1-12,14H,13,15H2,(H,28,36). The molecule has 5 aromatic rings. The number of hydrogen-bond donors (Lipinski definition) is 1. The van der Waals surface area contributed by atoms with E-state index in [1.165, 1.54) is 38.7 Å². The second-order valence-corrected chi connectivity index (χ2v) is 7.81. The molecule has 0 saturated heterocycles. The molecule has 36 heavy (non-hydrogen) atoms. The number of benzene rings is 2. The molecule has 0 atom stereocenters. The van der Waals surface area contributed by atoms with Crippen molar-refractivity contribution in [3.63, 3.8) is 0 Å². The first kappa shape index (κ1) is 23.0. The fourth-order valence-electron chi connectivity index (χ4n) is 3.44. The number of nitrogens with one attached hydrogen (secondary N) is 1. The van der Waals surface area contributed by atoms with Gasteiger partial charge in [0.2, 0.25) is 5.82 Å². The minimum atomic E-state index is -4.42. The lowest BCUT2D eigenvalue weighted by Gasteiger charge is -2.08. The smallest absolute Gasteiger partial charge is 0.318 e. The highest BCUT2D eigenvalue weighted by Crippen LogP contribution is 2.29. The van der Waals surface area contributed by atoms with Gasteiger partial charge in [0.05, 0.1) is 24.0 Å². The molecule has 0 radical (unpaired) electrons. The summed E-state index contributed by atoms with van der Waals surface area (Å²) in [5.74, 6) is 0.00626. The number of tetrazole rings is 1. The van der Waals surface area contributed by atoms with Crippen LogP contribution < -0.4 is 5.32 Å². The highest BCUT2D eigenvalue weighted by atomic mass is 19.4. The van der Waals surface area contributed by atoms with Gasteiger partial charge in [0.1, 0.15) is 0 Å². The molecule has 0 aliphatic rings. The molecule has 1 amide bonds. The number of amides is 1. The van der Waals surface area contributed by atoms with E-state index < -0.39 is 17.6 Å². The van der Waals surface area contributed by atoms with Crippen molar-refractivity contribution in [2.45, 2.75) is 19.4 Å². The van der Waals surface area contributed by atoms with Crippen molar-refractivity contribution in [1.82, 2.24) is 39.8 Å². The number of carbonyl (C=O) groups excluding carboxylic acids is 1. The largest absolute Gasteiger partial charge is 0.416 e. The zero-order valence-corrected chi connectivity index (χ0v) is 18.5. The van der Waals surface area contributed by atoms with Crippen LogP contribution in [-0.4, -0.2) is 45.7 Å². The molecular weight excluding hydrogens is 475 g/mol. The topological polar surface area (TPSA) is 108 Å². The van der Waals surface area contributed by atoms with E-state index in [-0.39, 0.29) is 18.9 Å². The SMILES string of the molecule is O=C(Nc1cnn(Cc2cccc(C(F)(F)F)c2)c1)c1ccn(Cn2nnc(-c3ccccc3)n2)n1. The van der Waals surface area contributed by atoms with E-state index in [2.05, 4.69) is 30.9 Å². The maximum absolute atomic E-state index is 12.9. The van der Waals surface area contributed by atoms with Gasteiger partial charge in [-0.1, -0.05) is 42.5 Å². The number of halogens is 3. The normalized spacial score (nSPS) is 11.5. The summed E-state index contributed by atoms with van der Waals surface area (Å²) in [6.07, 6.45) is 0.126. The van der Waals surface area contributed by atoms with E-state index in [1.807, 2.05) is 30.3 Å². The Morgan fingerprint density at radius 3 is 2.61 bits per heavy atom. The second kappa shape index (κ2) is 9.44. The fraction of sp³-hybridized carbons (Fsp3) is 0.130. The lowest BCUT2D eigenvalue weighted by Crippen LogP contribution is -2.15. The summed E-state index contributed by atoms with van der Waals surface area (Å²) in [6.45, 7) is 0.270. The molecular formula is C23H18F3N9O. The monoisotopic (exact) mass is 493 g/mol. The Hall–Kier alpha value is -4.81. The lowest BCUT2D eigenvalue weighted by atomic mass is 10.1. The summed E-state index contributed by atoms with van der Waals surface area (Å²) in [4.78, 5) is 13.9. The number of hydrogen-bond acceptors (Lipinski definition) is 6. The second-order valence-electron chi connectivity index (χ2n) is 7.81. The Labute approximate surface area is 202 Å². The quantitative estimate of drug-likeness (QED) is 0.372. The van der Waals surface area contributed by atoms with Gasteiger partial charge in [0.15, 0.2) is 12.4 Å². The van der Waals surface area contributed by atoms with Crippen molar-refractivity contribution in [3.05, 3.63) is 96.1 Å². The Kier molecular flexibility index (Phi) is 6.02. The van der Waals surface area contributed by atoms with Gasteiger partial charge in [-0.3, -0.25) is 9.48 Å². The number of rotatable bonds is 7. The molecule has 0 aliphatic carbocycles. The van der Waals surface area contributed by atoms with Crippen LogP contribution in [0.15, 0.2) is 79.3 Å². The van der Waals surface area contributed by atoms with E-state index in [9.17, 15) is 18.0 Å². The number of alkyl halides is 3. The van der Waals surface area contributed by atoms with Gasteiger partial charge in [-0.2, -0.15) is 23.4 Å². The third-order valence-corrected chi connectivity index (χ3v) is 5.12. The molecule has 13 heteroatoms. The minimum absolute atomic E-state index is 0.115. The van der Waals surface area contributed by atoms with Gasteiger partial charge in [-0.15, -0.1) is 15.0 Å². The van der Waals surface area contributed by atoms with Gasteiger partial charge < -0.3 is 5.32 Å². The van der Waals surface area contributed by atoms with Crippen LogP contribution in [0.2, 0.25) is 0 Å². The fourth-order valence-corrected chi connectivity index (χ4v) is 3.44. The molecule has 3 aromatic heterocycles. The molecule has 0 unspecified atom stereocenters. The van der Waals surface area contributed by atoms with Gasteiger partial charge in [0, 0.05) is 18.0 Å². The molecule has 1 N–H and O–H groups in total. The van der Waals surface area contributed by atoms with Crippen molar-refractivity contribution in [1.29, 1.82) is 0 Å². The van der Waals surface area contributed by atoms with E-state index in [4.69, 9.17) is 0 Å². The average Bonchev–Trinajstić information content (AvgIpc) is 3.62. The summed E-state index contributed by atoms with van der Waals surface area (Å²) in [5.41, 5.74) is 1.07. The first-order chi connectivity index (χ1) is 17.3. The van der Waals surface area contributed by atoms with Gasteiger partial charge in [0.25, 0.3) is 5.91 Å². The molecule has 0 spiro atoms. The highest BCUT2D eigenvalue weighted by Gasteiger charge is 2.30. The Bertz CT molecular complexity index is 1490. The molecule has 2 aromatic carbocycles. The van der Waals surface area contributed by atoms with Crippen LogP contribution >= 0.6 is 0 Å². The Morgan fingerprint density at radius 2 is 1.81 bits per heavy atom. The first-order valence-corrected chi connectivity index (χ1v) is 10.7. The zero-order valence-electron chi connectivity index (χ0n) is 18.5. The van der Waals surface area contributed by atoms with E-state index in [0.29, 0.717) is 17.1 Å². The predicted octanol–water partition coefficient (Wildman–Crippen LogP) is 3.56. The summed E-state index contributed by atoms with van der Waals surface area (Å²) in [5, 5.41) is 23.4. The first-order valence-electron chi connectivity index (χ1n) is 10.7. The number of carbonyl (C=O) groups is 1. The number of nitrogens with zero attached hydrogens (tertiary/aromatic N) is 8. The van der Waals surface area contributed by atoms with Crippen molar-refractivity contribution >= 4 is 11.6 Å². The average molecular weight is 493 g/mol. The van der Waals surface area contributed by atoms with E-state index >= 15 is 0 Å². The molecule has 0 aliphatic heterocycles. The summed E-state index contributed by atoms with van der Waals surface area (Å²) in [6, 6.07) is 15.9. The van der Waals surface area contributed by atoms with E-state index in [0.717, 1.165) is 17.7 Å². The zero-order chi connectivity index (χ0) is 25.1. The number of anilines is 1. The highest BCUT2D eigenvalue weighted by molar-refractivity contribution is 6.02. The maximum atomic E-state index is 12.9. The van der Waals surface area contributed by atoms with Crippen LogP contribution in [0.4, 0.5) is 18.9 Å². The summed E-state index contributed by atoms with van der Waals surface area (Å²) < 4.78 is 41.7. The summed E-state index contributed by atoms with van der Waals surface area (Å²) >= 11 is 0. The molecule has 3 heterocycles. The Morgan fingerprint density at radius 1 is 0.972 bits per heavy atom. The van der Waals surface area contributed by atoms with Gasteiger partial charge >= 0.3 is 6.18 Å². The van der Waals surface area contributed by atoms with E-state index in [1.54, 1.807) is 12.3 Å². The third kappa shape index (κ3) is 5.29. The van der Waals surface area contributed by atoms with Crippen LogP contribution in [0.5, 0.6) is 0 Å².